The first-order chi connectivity index (χ1) is 14.2. The molecule has 0 aliphatic carbocycles. The van der Waals surface area contributed by atoms with Crippen molar-refractivity contribution in [1.82, 2.24) is 4.90 Å². The number of amides is 3. The van der Waals surface area contributed by atoms with Crippen LogP contribution >= 0.6 is 11.6 Å². The first-order valence-electron chi connectivity index (χ1n) is 8.97. The first kappa shape index (κ1) is 21.3. The predicted octanol–water partition coefficient (Wildman–Crippen LogP) is 3.52. The van der Waals surface area contributed by atoms with Crippen LogP contribution in [0.3, 0.4) is 0 Å². The Hall–Kier alpha value is -3.46. The quantitative estimate of drug-likeness (QED) is 0.424. The number of hydrogen-bond acceptors (Lipinski definition) is 6. The number of nitro benzene ring substituents is 1. The third-order valence-corrected chi connectivity index (χ3v) is 5.03. The zero-order valence-electron chi connectivity index (χ0n) is 16.3. The van der Waals surface area contributed by atoms with Crippen LogP contribution in [0.1, 0.15) is 34.6 Å². The SMILES string of the molecule is COc1cc([N+](=O)[O-])c(Cl)cc1NC(=O)C(C(C)C)N1C(=O)c2ccccc2C1=O. The van der Waals surface area contributed by atoms with Crippen LogP contribution in [-0.4, -0.2) is 40.7 Å². The van der Waals surface area contributed by atoms with E-state index in [-0.39, 0.29) is 33.3 Å². The number of benzene rings is 2. The van der Waals surface area contributed by atoms with Crippen molar-refractivity contribution in [3.63, 3.8) is 0 Å². The molecule has 0 saturated heterocycles. The van der Waals surface area contributed by atoms with Gasteiger partial charge in [0.15, 0.2) is 0 Å². The highest BCUT2D eigenvalue weighted by atomic mass is 35.5. The lowest BCUT2D eigenvalue weighted by molar-refractivity contribution is -0.384. The fourth-order valence-electron chi connectivity index (χ4n) is 3.33. The minimum Gasteiger partial charge on any atom is -0.494 e. The lowest BCUT2D eigenvalue weighted by Crippen LogP contribution is -2.50. The van der Waals surface area contributed by atoms with Crippen molar-refractivity contribution in [1.29, 1.82) is 0 Å². The molecule has 1 N–H and O–H groups in total. The highest BCUT2D eigenvalue weighted by molar-refractivity contribution is 6.33. The van der Waals surface area contributed by atoms with Crippen molar-refractivity contribution < 1.29 is 24.0 Å². The van der Waals surface area contributed by atoms with E-state index in [4.69, 9.17) is 16.3 Å². The number of anilines is 1. The molecule has 0 saturated carbocycles. The topological polar surface area (TPSA) is 119 Å². The number of hydrogen-bond donors (Lipinski definition) is 1. The maximum atomic E-state index is 13.1. The fraction of sp³-hybridized carbons (Fsp3) is 0.250. The summed E-state index contributed by atoms with van der Waals surface area (Å²) in [4.78, 5) is 50.0. The molecule has 0 aromatic heterocycles. The number of fused-ring (bicyclic) bond motifs is 1. The molecule has 0 bridgehead atoms. The molecule has 1 atom stereocenters. The number of halogens is 1. The van der Waals surface area contributed by atoms with Gasteiger partial charge in [0.2, 0.25) is 5.91 Å². The summed E-state index contributed by atoms with van der Waals surface area (Å²) in [5, 5.41) is 13.5. The van der Waals surface area contributed by atoms with Gasteiger partial charge in [-0.3, -0.25) is 29.4 Å². The van der Waals surface area contributed by atoms with Gasteiger partial charge in [0.1, 0.15) is 16.8 Å². The summed E-state index contributed by atoms with van der Waals surface area (Å²) in [6, 6.07) is 7.51. The van der Waals surface area contributed by atoms with Gasteiger partial charge in [-0.2, -0.15) is 0 Å². The van der Waals surface area contributed by atoms with Crippen molar-refractivity contribution in [3.8, 4) is 5.75 Å². The second kappa shape index (κ2) is 8.11. The van der Waals surface area contributed by atoms with E-state index < -0.39 is 34.6 Å². The van der Waals surface area contributed by atoms with E-state index in [9.17, 15) is 24.5 Å². The van der Waals surface area contributed by atoms with Crippen molar-refractivity contribution >= 4 is 40.7 Å². The van der Waals surface area contributed by atoms with Crippen LogP contribution in [0.2, 0.25) is 5.02 Å². The summed E-state index contributed by atoms with van der Waals surface area (Å²) in [6.45, 7) is 3.40. The maximum Gasteiger partial charge on any atom is 0.291 e. The molecule has 1 aliphatic heterocycles. The van der Waals surface area contributed by atoms with E-state index >= 15 is 0 Å². The van der Waals surface area contributed by atoms with Crippen LogP contribution in [0.15, 0.2) is 36.4 Å². The Morgan fingerprint density at radius 2 is 1.73 bits per heavy atom. The van der Waals surface area contributed by atoms with E-state index in [0.717, 1.165) is 11.0 Å². The minimum atomic E-state index is -1.11. The molecule has 1 unspecified atom stereocenters. The average Bonchev–Trinajstić information content (AvgIpc) is 2.93. The molecule has 1 aliphatic rings. The van der Waals surface area contributed by atoms with E-state index in [0.29, 0.717) is 0 Å². The molecule has 0 radical (unpaired) electrons. The Bertz CT molecular complexity index is 1030. The monoisotopic (exact) mass is 431 g/mol. The van der Waals surface area contributed by atoms with Crippen LogP contribution in [0.4, 0.5) is 11.4 Å². The standard InChI is InChI=1S/C20H18ClN3O6/c1-10(2)17(23-19(26)11-6-4-5-7-12(11)20(23)27)18(25)22-14-8-13(21)15(24(28)29)9-16(14)30-3/h4-10,17H,1-3H3,(H,22,25). The van der Waals surface area contributed by atoms with Gasteiger partial charge in [0, 0.05) is 0 Å². The molecule has 10 heteroatoms. The van der Waals surface area contributed by atoms with E-state index in [1.165, 1.54) is 25.3 Å². The fourth-order valence-corrected chi connectivity index (χ4v) is 3.57. The normalized spacial score (nSPS) is 14.0. The largest absolute Gasteiger partial charge is 0.494 e. The first-order valence-corrected chi connectivity index (χ1v) is 9.34. The molecule has 156 valence electrons. The molecule has 0 spiro atoms. The molecule has 9 nitrogen and oxygen atoms in total. The highest BCUT2D eigenvalue weighted by Crippen LogP contribution is 2.36. The maximum absolute atomic E-state index is 13.1. The smallest absolute Gasteiger partial charge is 0.291 e. The number of rotatable bonds is 6. The van der Waals surface area contributed by atoms with Crippen molar-refractivity contribution in [2.45, 2.75) is 19.9 Å². The third kappa shape index (κ3) is 3.59. The minimum absolute atomic E-state index is 0.0179. The summed E-state index contributed by atoms with van der Waals surface area (Å²) in [5.74, 6) is -2.16. The summed E-state index contributed by atoms with van der Waals surface area (Å²) in [6.07, 6.45) is 0. The molecular formula is C20H18ClN3O6. The Balaban J connectivity index is 1.95. The number of imide groups is 1. The van der Waals surface area contributed by atoms with Crippen molar-refractivity contribution in [2.24, 2.45) is 5.92 Å². The van der Waals surface area contributed by atoms with Crippen LogP contribution < -0.4 is 10.1 Å². The number of nitro groups is 1. The number of nitrogens with one attached hydrogen (secondary N) is 1. The highest BCUT2D eigenvalue weighted by Gasteiger charge is 2.44. The zero-order chi connectivity index (χ0) is 22.2. The van der Waals surface area contributed by atoms with Gasteiger partial charge in [-0.05, 0) is 24.1 Å². The number of carbonyl (C=O) groups excluding carboxylic acids is 3. The van der Waals surface area contributed by atoms with Gasteiger partial charge in [-0.25, -0.2) is 0 Å². The lowest BCUT2D eigenvalue weighted by Gasteiger charge is -2.28. The van der Waals surface area contributed by atoms with E-state index in [2.05, 4.69) is 5.32 Å². The van der Waals surface area contributed by atoms with Crippen LogP contribution in [0.25, 0.3) is 0 Å². The van der Waals surface area contributed by atoms with Gasteiger partial charge in [0.05, 0.1) is 34.9 Å². The number of nitrogens with zero attached hydrogens (tertiary/aromatic N) is 2. The molecule has 0 fully saturated rings. The second-order valence-electron chi connectivity index (χ2n) is 6.97. The molecule has 2 aromatic carbocycles. The van der Waals surface area contributed by atoms with E-state index in [1.54, 1.807) is 26.0 Å². The lowest BCUT2D eigenvalue weighted by atomic mass is 10.0. The van der Waals surface area contributed by atoms with E-state index in [1.807, 2.05) is 0 Å². The average molecular weight is 432 g/mol. The molecule has 30 heavy (non-hydrogen) atoms. The van der Waals surface area contributed by atoms with Crippen LogP contribution in [0.5, 0.6) is 5.75 Å². The van der Waals surface area contributed by atoms with Crippen LogP contribution in [0, 0.1) is 16.0 Å². The Labute approximate surface area is 176 Å². The van der Waals surface area contributed by atoms with Gasteiger partial charge in [-0.1, -0.05) is 37.6 Å². The molecule has 2 aromatic rings. The molecule has 3 rings (SSSR count). The predicted molar refractivity (Wildman–Crippen MR) is 109 cm³/mol. The van der Waals surface area contributed by atoms with Crippen molar-refractivity contribution in [2.75, 3.05) is 12.4 Å². The Morgan fingerprint density at radius 1 is 1.17 bits per heavy atom. The zero-order valence-corrected chi connectivity index (χ0v) is 17.1. The summed E-state index contributed by atoms with van der Waals surface area (Å²) >= 11 is 5.95. The van der Waals surface area contributed by atoms with Crippen LogP contribution in [-0.2, 0) is 4.79 Å². The number of ether oxygens (including phenoxy) is 1. The third-order valence-electron chi connectivity index (χ3n) is 4.73. The molecular weight excluding hydrogens is 414 g/mol. The van der Waals surface area contributed by atoms with Gasteiger partial charge in [-0.15, -0.1) is 0 Å². The van der Waals surface area contributed by atoms with Gasteiger partial charge in [0.25, 0.3) is 17.5 Å². The Kier molecular flexibility index (Phi) is 5.75. The number of methoxy groups -OCH3 is 1. The Morgan fingerprint density at radius 3 is 2.20 bits per heavy atom. The summed E-state index contributed by atoms with van der Waals surface area (Å²) < 4.78 is 5.13. The molecule has 1 heterocycles. The van der Waals surface area contributed by atoms with Crippen molar-refractivity contribution in [3.05, 3.63) is 62.7 Å². The second-order valence-corrected chi connectivity index (χ2v) is 7.37. The van der Waals surface area contributed by atoms with Gasteiger partial charge < -0.3 is 10.1 Å². The summed E-state index contributed by atoms with van der Waals surface area (Å²) in [7, 11) is 1.28. The van der Waals surface area contributed by atoms with Gasteiger partial charge >= 0.3 is 0 Å². The summed E-state index contributed by atoms with van der Waals surface area (Å²) in [5.41, 5.74) is 0.168. The molecule has 3 amide bonds. The number of carbonyl (C=O) groups is 3.